The summed E-state index contributed by atoms with van der Waals surface area (Å²) in [5.41, 5.74) is 3.19. The molecule has 142 valence electrons. The van der Waals surface area contributed by atoms with Crippen molar-refractivity contribution in [3.63, 3.8) is 0 Å². The van der Waals surface area contributed by atoms with E-state index in [0.29, 0.717) is 35.6 Å². The van der Waals surface area contributed by atoms with Gasteiger partial charge in [0.1, 0.15) is 5.75 Å². The van der Waals surface area contributed by atoms with Crippen molar-refractivity contribution in [3.8, 4) is 17.1 Å². The molecule has 0 saturated carbocycles. The fourth-order valence-electron chi connectivity index (χ4n) is 3.33. The number of nitrogens with zero attached hydrogens (tertiary/aromatic N) is 4. The summed E-state index contributed by atoms with van der Waals surface area (Å²) in [6, 6.07) is 9.38. The summed E-state index contributed by atoms with van der Waals surface area (Å²) in [5, 5.41) is 26.1. The van der Waals surface area contributed by atoms with Crippen LogP contribution in [0.2, 0.25) is 5.02 Å². The van der Waals surface area contributed by atoms with E-state index < -0.39 is 6.10 Å². The van der Waals surface area contributed by atoms with Crippen LogP contribution in [-0.2, 0) is 7.05 Å². The number of aromatic nitrogens is 5. The minimum atomic E-state index is -0.494. The summed E-state index contributed by atoms with van der Waals surface area (Å²) < 4.78 is 7.33. The molecule has 8 nitrogen and oxygen atoms in total. The van der Waals surface area contributed by atoms with Gasteiger partial charge in [0, 0.05) is 30.0 Å². The first-order valence-corrected chi connectivity index (χ1v) is 9.23. The summed E-state index contributed by atoms with van der Waals surface area (Å²) in [6.07, 6.45) is 1.79. The van der Waals surface area contributed by atoms with Gasteiger partial charge in [-0.25, -0.2) is 4.68 Å². The Kier molecular flexibility index (Phi) is 3.96. The van der Waals surface area contributed by atoms with Crippen LogP contribution < -0.4 is 10.1 Å². The highest BCUT2D eigenvalue weighted by atomic mass is 35.5. The Balaban J connectivity index is 1.48. The molecule has 2 aromatic heterocycles. The molecule has 0 fully saturated rings. The first-order valence-electron chi connectivity index (χ1n) is 8.85. The van der Waals surface area contributed by atoms with Gasteiger partial charge in [0.25, 0.3) is 0 Å². The van der Waals surface area contributed by atoms with E-state index in [4.69, 9.17) is 16.3 Å². The van der Waals surface area contributed by atoms with Gasteiger partial charge in [0.2, 0.25) is 5.95 Å². The molecule has 1 aliphatic heterocycles. The SMILES string of the molecule is Cn1nc(-c2ccc3c(c2)OCCC3O)nc1Nc1ccc2[nH]ncc2c1Cl. The van der Waals surface area contributed by atoms with Crippen molar-refractivity contribution in [2.24, 2.45) is 7.05 Å². The lowest BCUT2D eigenvalue weighted by Crippen LogP contribution is -2.13. The third kappa shape index (κ3) is 2.78. The topological polar surface area (TPSA) is 101 Å². The van der Waals surface area contributed by atoms with Gasteiger partial charge >= 0.3 is 0 Å². The Morgan fingerprint density at radius 3 is 3.11 bits per heavy atom. The summed E-state index contributed by atoms with van der Waals surface area (Å²) >= 11 is 6.48. The highest BCUT2D eigenvalue weighted by Crippen LogP contribution is 2.35. The fraction of sp³-hybridized carbons (Fsp3) is 0.211. The van der Waals surface area contributed by atoms with Gasteiger partial charge in [-0.2, -0.15) is 10.1 Å². The van der Waals surface area contributed by atoms with Crippen molar-refractivity contribution in [1.82, 2.24) is 25.0 Å². The van der Waals surface area contributed by atoms with E-state index in [2.05, 4.69) is 25.6 Å². The van der Waals surface area contributed by atoms with Gasteiger partial charge in [-0.05, 0) is 18.2 Å². The Hall–Kier alpha value is -3.10. The van der Waals surface area contributed by atoms with Crippen molar-refractivity contribution in [2.45, 2.75) is 12.5 Å². The maximum Gasteiger partial charge on any atom is 0.225 e. The second-order valence-electron chi connectivity index (χ2n) is 6.67. The van der Waals surface area contributed by atoms with E-state index in [-0.39, 0.29) is 0 Å². The fourth-order valence-corrected chi connectivity index (χ4v) is 3.59. The molecule has 3 heterocycles. The number of ether oxygens (including phenoxy) is 1. The highest BCUT2D eigenvalue weighted by Gasteiger charge is 2.21. The summed E-state index contributed by atoms with van der Waals surface area (Å²) in [7, 11) is 1.81. The standard InChI is InChI=1S/C19H17ClN6O2/c1-26-19(22-14-5-4-13-12(17(14)20)9-21-24-13)23-18(25-26)10-2-3-11-15(27)6-7-28-16(11)8-10/h2-5,8-9,15,27H,6-7H2,1H3,(H,21,24)(H,22,23,25). The van der Waals surface area contributed by atoms with Crippen LogP contribution in [0, 0.1) is 0 Å². The average molecular weight is 397 g/mol. The predicted molar refractivity (Wildman–Crippen MR) is 106 cm³/mol. The zero-order chi connectivity index (χ0) is 19.3. The van der Waals surface area contributed by atoms with Crippen LogP contribution in [-0.4, -0.2) is 36.7 Å². The molecule has 0 amide bonds. The molecular weight excluding hydrogens is 380 g/mol. The molecule has 9 heteroatoms. The second kappa shape index (κ2) is 6.50. The highest BCUT2D eigenvalue weighted by molar-refractivity contribution is 6.38. The molecule has 5 rings (SSSR count). The number of hydrogen-bond acceptors (Lipinski definition) is 6. The number of anilines is 2. The van der Waals surface area contributed by atoms with E-state index >= 15 is 0 Å². The Morgan fingerprint density at radius 1 is 1.32 bits per heavy atom. The lowest BCUT2D eigenvalue weighted by atomic mass is 10.0. The summed E-state index contributed by atoms with van der Waals surface area (Å²) in [6.45, 7) is 0.495. The zero-order valence-corrected chi connectivity index (χ0v) is 15.7. The Labute approximate surface area is 165 Å². The van der Waals surface area contributed by atoms with Crippen LogP contribution in [0.15, 0.2) is 36.5 Å². The minimum absolute atomic E-state index is 0.494. The number of fused-ring (bicyclic) bond motifs is 2. The molecule has 0 bridgehead atoms. The summed E-state index contributed by atoms with van der Waals surface area (Å²) in [5.74, 6) is 1.78. The number of halogens is 1. The van der Waals surface area contributed by atoms with Crippen LogP contribution in [0.4, 0.5) is 11.6 Å². The van der Waals surface area contributed by atoms with Crippen molar-refractivity contribution in [2.75, 3.05) is 11.9 Å². The molecule has 1 unspecified atom stereocenters. The van der Waals surface area contributed by atoms with Crippen LogP contribution in [0.5, 0.6) is 5.75 Å². The quantitative estimate of drug-likeness (QED) is 0.489. The number of aliphatic hydroxyl groups excluding tert-OH is 1. The molecule has 2 aromatic carbocycles. The molecule has 28 heavy (non-hydrogen) atoms. The van der Waals surface area contributed by atoms with Crippen LogP contribution in [0.3, 0.4) is 0 Å². The van der Waals surface area contributed by atoms with Gasteiger partial charge in [0.15, 0.2) is 5.82 Å². The molecule has 3 N–H and O–H groups in total. The third-order valence-corrected chi connectivity index (χ3v) is 5.25. The lowest BCUT2D eigenvalue weighted by Gasteiger charge is -2.22. The zero-order valence-electron chi connectivity index (χ0n) is 15.0. The van der Waals surface area contributed by atoms with Gasteiger partial charge in [0.05, 0.1) is 35.1 Å². The maximum absolute atomic E-state index is 10.1. The number of H-pyrrole nitrogens is 1. The smallest absolute Gasteiger partial charge is 0.225 e. The molecule has 0 aliphatic carbocycles. The van der Waals surface area contributed by atoms with Gasteiger partial charge in [-0.15, -0.1) is 5.10 Å². The van der Waals surface area contributed by atoms with Crippen molar-refractivity contribution >= 4 is 34.1 Å². The number of rotatable bonds is 3. The van der Waals surface area contributed by atoms with E-state index in [9.17, 15) is 5.11 Å². The number of hydrogen-bond donors (Lipinski definition) is 3. The van der Waals surface area contributed by atoms with Crippen LogP contribution >= 0.6 is 11.6 Å². The van der Waals surface area contributed by atoms with Crippen LogP contribution in [0.1, 0.15) is 18.1 Å². The van der Waals surface area contributed by atoms with Crippen molar-refractivity contribution in [3.05, 3.63) is 47.1 Å². The molecule has 0 spiro atoms. The molecular formula is C19H17ClN6O2. The molecule has 0 radical (unpaired) electrons. The predicted octanol–water partition coefficient (Wildman–Crippen LogP) is 3.57. The average Bonchev–Trinajstić information content (AvgIpc) is 3.31. The molecule has 4 aromatic rings. The first-order chi connectivity index (χ1) is 13.6. The Bertz CT molecular complexity index is 1180. The number of aryl methyl sites for hydroxylation is 1. The van der Waals surface area contributed by atoms with E-state index in [1.165, 1.54) is 0 Å². The Morgan fingerprint density at radius 2 is 2.21 bits per heavy atom. The number of benzene rings is 2. The minimum Gasteiger partial charge on any atom is -0.493 e. The normalized spacial score (nSPS) is 16.0. The molecule has 1 atom stereocenters. The molecule has 1 aliphatic rings. The molecule has 0 saturated heterocycles. The first kappa shape index (κ1) is 17.0. The number of aromatic amines is 1. The van der Waals surface area contributed by atoms with Gasteiger partial charge in [-0.3, -0.25) is 5.10 Å². The monoisotopic (exact) mass is 396 g/mol. The van der Waals surface area contributed by atoms with Gasteiger partial charge < -0.3 is 15.2 Å². The van der Waals surface area contributed by atoms with Crippen molar-refractivity contribution < 1.29 is 9.84 Å². The summed E-state index contributed by atoms with van der Waals surface area (Å²) in [4.78, 5) is 4.59. The van der Waals surface area contributed by atoms with Crippen LogP contribution in [0.25, 0.3) is 22.3 Å². The number of aliphatic hydroxyl groups is 1. The largest absolute Gasteiger partial charge is 0.493 e. The number of nitrogens with one attached hydrogen (secondary N) is 2. The van der Waals surface area contributed by atoms with E-state index in [1.54, 1.807) is 10.9 Å². The lowest BCUT2D eigenvalue weighted by molar-refractivity contribution is 0.115. The van der Waals surface area contributed by atoms with E-state index in [1.807, 2.05) is 37.4 Å². The van der Waals surface area contributed by atoms with Gasteiger partial charge in [-0.1, -0.05) is 23.7 Å². The third-order valence-electron chi connectivity index (χ3n) is 4.85. The second-order valence-corrected chi connectivity index (χ2v) is 7.05. The maximum atomic E-state index is 10.1. The van der Waals surface area contributed by atoms with Crippen molar-refractivity contribution in [1.29, 1.82) is 0 Å². The van der Waals surface area contributed by atoms with E-state index in [0.717, 1.165) is 27.7 Å².